The summed E-state index contributed by atoms with van der Waals surface area (Å²) in [5.74, 6) is 0. The largest absolute Gasteiger partial charge is 0.395 e. The van der Waals surface area contributed by atoms with Crippen molar-refractivity contribution in [2.75, 3.05) is 40.0 Å². The quantitative estimate of drug-likeness (QED) is 0.824. The molecule has 1 aliphatic rings. The molecule has 2 atom stereocenters. The van der Waals surface area contributed by atoms with E-state index in [1.807, 2.05) is 7.05 Å². The summed E-state index contributed by atoms with van der Waals surface area (Å²) in [6.45, 7) is 5.61. The van der Waals surface area contributed by atoms with Crippen LogP contribution in [-0.4, -0.2) is 56.0 Å². The zero-order valence-electron chi connectivity index (χ0n) is 12.5. The van der Waals surface area contributed by atoms with Crippen molar-refractivity contribution in [3.63, 3.8) is 0 Å². The molecule has 0 saturated carbocycles. The summed E-state index contributed by atoms with van der Waals surface area (Å²) in [5.41, 5.74) is 2.63. The maximum atomic E-state index is 9.40. The van der Waals surface area contributed by atoms with Crippen LogP contribution in [0, 0.1) is 6.92 Å². The highest BCUT2D eigenvalue weighted by atomic mass is 16.5. The van der Waals surface area contributed by atoms with E-state index in [1.165, 1.54) is 11.1 Å². The van der Waals surface area contributed by atoms with Crippen molar-refractivity contribution in [2.24, 2.45) is 0 Å². The SMILES string of the molecule is CNC(CCN1CCOCC1CO)c1cccc(C)c1. The highest BCUT2D eigenvalue weighted by molar-refractivity contribution is 5.25. The second kappa shape index (κ2) is 7.74. The number of benzene rings is 1. The Hall–Kier alpha value is -0.940. The zero-order valence-corrected chi connectivity index (χ0v) is 12.5. The molecule has 0 radical (unpaired) electrons. The molecule has 2 unspecified atom stereocenters. The van der Waals surface area contributed by atoms with E-state index in [4.69, 9.17) is 4.74 Å². The number of rotatable bonds is 6. The summed E-state index contributed by atoms with van der Waals surface area (Å²) in [5, 5.41) is 12.8. The summed E-state index contributed by atoms with van der Waals surface area (Å²) in [6, 6.07) is 9.16. The van der Waals surface area contributed by atoms with E-state index < -0.39 is 0 Å². The predicted molar refractivity (Wildman–Crippen MR) is 80.9 cm³/mol. The second-order valence-corrected chi connectivity index (χ2v) is 5.49. The van der Waals surface area contributed by atoms with Crippen LogP contribution in [0.15, 0.2) is 24.3 Å². The zero-order chi connectivity index (χ0) is 14.4. The average Bonchev–Trinajstić information content (AvgIpc) is 2.48. The minimum absolute atomic E-state index is 0.152. The molecule has 1 heterocycles. The Morgan fingerprint density at radius 1 is 1.50 bits per heavy atom. The molecule has 2 rings (SSSR count). The Kier molecular flexibility index (Phi) is 5.98. The van der Waals surface area contributed by atoms with Crippen LogP contribution in [0.5, 0.6) is 0 Å². The number of hydrogen-bond donors (Lipinski definition) is 2. The number of nitrogens with zero attached hydrogens (tertiary/aromatic N) is 1. The van der Waals surface area contributed by atoms with Gasteiger partial charge in [0.2, 0.25) is 0 Å². The van der Waals surface area contributed by atoms with E-state index in [0.29, 0.717) is 12.6 Å². The molecule has 0 aliphatic carbocycles. The molecule has 20 heavy (non-hydrogen) atoms. The highest BCUT2D eigenvalue weighted by Gasteiger charge is 2.22. The van der Waals surface area contributed by atoms with Crippen molar-refractivity contribution < 1.29 is 9.84 Å². The van der Waals surface area contributed by atoms with E-state index in [1.54, 1.807) is 0 Å². The standard InChI is InChI=1S/C16H26N2O2/c1-13-4-3-5-14(10-13)16(17-2)6-7-18-8-9-20-12-15(18)11-19/h3-5,10,15-17,19H,6-9,11-12H2,1-2H3. The van der Waals surface area contributed by atoms with Gasteiger partial charge in [-0.25, -0.2) is 0 Å². The monoisotopic (exact) mass is 278 g/mol. The van der Waals surface area contributed by atoms with Gasteiger partial charge < -0.3 is 15.2 Å². The number of aliphatic hydroxyl groups excluding tert-OH is 1. The van der Waals surface area contributed by atoms with Gasteiger partial charge in [0.05, 0.1) is 25.9 Å². The first-order chi connectivity index (χ1) is 9.74. The highest BCUT2D eigenvalue weighted by Crippen LogP contribution is 2.19. The Bertz CT molecular complexity index is 411. The molecular weight excluding hydrogens is 252 g/mol. The lowest BCUT2D eigenvalue weighted by Crippen LogP contribution is -2.48. The molecule has 1 aliphatic heterocycles. The van der Waals surface area contributed by atoms with Crippen molar-refractivity contribution in [1.82, 2.24) is 10.2 Å². The van der Waals surface area contributed by atoms with Gasteiger partial charge in [0, 0.05) is 19.1 Å². The van der Waals surface area contributed by atoms with Gasteiger partial charge in [-0.3, -0.25) is 4.90 Å². The topological polar surface area (TPSA) is 44.7 Å². The molecule has 4 nitrogen and oxygen atoms in total. The van der Waals surface area contributed by atoms with Gasteiger partial charge in [-0.15, -0.1) is 0 Å². The first-order valence-corrected chi connectivity index (χ1v) is 7.41. The number of aliphatic hydroxyl groups is 1. The molecular formula is C16H26N2O2. The van der Waals surface area contributed by atoms with Crippen LogP contribution in [-0.2, 0) is 4.74 Å². The van der Waals surface area contributed by atoms with Crippen LogP contribution in [0.2, 0.25) is 0 Å². The normalized spacial score (nSPS) is 21.9. The fourth-order valence-electron chi connectivity index (χ4n) is 2.81. The summed E-state index contributed by atoms with van der Waals surface area (Å²) in [7, 11) is 2.01. The lowest BCUT2D eigenvalue weighted by molar-refractivity contribution is -0.0285. The summed E-state index contributed by atoms with van der Waals surface area (Å²) in [4.78, 5) is 2.34. The number of hydrogen-bond acceptors (Lipinski definition) is 4. The van der Waals surface area contributed by atoms with Crippen LogP contribution in [0.1, 0.15) is 23.6 Å². The van der Waals surface area contributed by atoms with Crippen molar-refractivity contribution in [1.29, 1.82) is 0 Å². The van der Waals surface area contributed by atoms with E-state index in [-0.39, 0.29) is 12.6 Å². The van der Waals surface area contributed by atoms with Gasteiger partial charge in [-0.2, -0.15) is 0 Å². The molecule has 1 saturated heterocycles. The number of morpholine rings is 1. The van der Waals surface area contributed by atoms with Crippen LogP contribution >= 0.6 is 0 Å². The molecule has 2 N–H and O–H groups in total. The van der Waals surface area contributed by atoms with Gasteiger partial charge in [0.25, 0.3) is 0 Å². The molecule has 0 aromatic heterocycles. The molecule has 1 aromatic carbocycles. The Morgan fingerprint density at radius 3 is 3.05 bits per heavy atom. The van der Waals surface area contributed by atoms with Gasteiger partial charge >= 0.3 is 0 Å². The maximum absolute atomic E-state index is 9.40. The minimum Gasteiger partial charge on any atom is -0.395 e. The van der Waals surface area contributed by atoms with Crippen LogP contribution < -0.4 is 5.32 Å². The Morgan fingerprint density at radius 2 is 2.35 bits per heavy atom. The van der Waals surface area contributed by atoms with Crippen molar-refractivity contribution in [2.45, 2.75) is 25.4 Å². The lowest BCUT2D eigenvalue weighted by atomic mass is 10.0. The molecule has 0 amide bonds. The van der Waals surface area contributed by atoms with Gasteiger partial charge in [-0.1, -0.05) is 29.8 Å². The Labute approximate surface area is 121 Å². The second-order valence-electron chi connectivity index (χ2n) is 5.49. The van der Waals surface area contributed by atoms with Gasteiger partial charge in [0.1, 0.15) is 0 Å². The summed E-state index contributed by atoms with van der Waals surface area (Å²) < 4.78 is 5.42. The van der Waals surface area contributed by atoms with E-state index >= 15 is 0 Å². The van der Waals surface area contributed by atoms with Crippen molar-refractivity contribution in [3.8, 4) is 0 Å². The summed E-state index contributed by atoms with van der Waals surface area (Å²) in [6.07, 6.45) is 1.04. The van der Waals surface area contributed by atoms with Gasteiger partial charge in [-0.05, 0) is 26.0 Å². The van der Waals surface area contributed by atoms with Gasteiger partial charge in [0.15, 0.2) is 0 Å². The molecule has 0 spiro atoms. The van der Waals surface area contributed by atoms with E-state index in [0.717, 1.165) is 26.1 Å². The number of ether oxygens (including phenoxy) is 1. The molecule has 0 bridgehead atoms. The van der Waals surface area contributed by atoms with E-state index in [2.05, 4.69) is 41.4 Å². The number of nitrogens with one attached hydrogen (secondary N) is 1. The smallest absolute Gasteiger partial charge is 0.0644 e. The number of aryl methyl sites for hydroxylation is 1. The first kappa shape index (κ1) is 15.4. The molecule has 4 heteroatoms. The molecule has 1 aromatic rings. The molecule has 1 fully saturated rings. The maximum Gasteiger partial charge on any atom is 0.0644 e. The molecule has 112 valence electrons. The lowest BCUT2D eigenvalue weighted by Gasteiger charge is -2.35. The van der Waals surface area contributed by atoms with Crippen LogP contribution in [0.4, 0.5) is 0 Å². The first-order valence-electron chi connectivity index (χ1n) is 7.41. The van der Waals surface area contributed by atoms with Crippen LogP contribution in [0.3, 0.4) is 0 Å². The predicted octanol–water partition coefficient (Wildman–Crippen LogP) is 1.34. The fraction of sp³-hybridized carbons (Fsp3) is 0.625. The third-order valence-corrected chi connectivity index (χ3v) is 4.06. The minimum atomic E-state index is 0.152. The average molecular weight is 278 g/mol. The third-order valence-electron chi connectivity index (χ3n) is 4.06. The summed E-state index contributed by atoms with van der Waals surface area (Å²) >= 11 is 0. The van der Waals surface area contributed by atoms with E-state index in [9.17, 15) is 5.11 Å². The fourth-order valence-corrected chi connectivity index (χ4v) is 2.81. The van der Waals surface area contributed by atoms with Crippen molar-refractivity contribution in [3.05, 3.63) is 35.4 Å². The Balaban J connectivity index is 1.93. The van der Waals surface area contributed by atoms with Crippen molar-refractivity contribution >= 4 is 0 Å². The van der Waals surface area contributed by atoms with Crippen LogP contribution in [0.25, 0.3) is 0 Å². The third kappa shape index (κ3) is 4.03.